The van der Waals surface area contributed by atoms with Gasteiger partial charge in [-0.2, -0.15) is 0 Å². The second-order valence-electron chi connectivity index (χ2n) is 4.56. The quantitative estimate of drug-likeness (QED) is 0.834. The van der Waals surface area contributed by atoms with Crippen LogP contribution in [0, 0.1) is 6.92 Å². The lowest BCUT2D eigenvalue weighted by Gasteiger charge is -2.25. The summed E-state index contributed by atoms with van der Waals surface area (Å²) in [5.41, 5.74) is 0.990. The number of hydrogen-bond donors (Lipinski definition) is 2. The fourth-order valence-corrected chi connectivity index (χ4v) is 1.97. The Morgan fingerprint density at radius 1 is 1.16 bits per heavy atom. The number of furan rings is 1. The molecule has 0 aliphatic rings. The molecule has 4 nitrogen and oxygen atoms in total. The minimum absolute atomic E-state index is 0.249. The molecule has 0 radical (unpaired) electrons. The van der Waals surface area contributed by atoms with Gasteiger partial charge in [0.05, 0.1) is 19.3 Å². The highest BCUT2D eigenvalue weighted by molar-refractivity contribution is 5.46. The topological polar surface area (TPSA) is 56.8 Å². The highest BCUT2D eigenvalue weighted by atomic mass is 16.3. The summed E-state index contributed by atoms with van der Waals surface area (Å²) < 4.78 is 5.56. The van der Waals surface area contributed by atoms with Crippen molar-refractivity contribution in [3.63, 3.8) is 0 Å². The smallest absolute Gasteiger partial charge is 0.123 e. The number of aliphatic hydroxyl groups excluding tert-OH is 2. The van der Waals surface area contributed by atoms with E-state index in [9.17, 15) is 5.11 Å². The van der Waals surface area contributed by atoms with Crippen molar-refractivity contribution >= 4 is 5.69 Å². The van der Waals surface area contributed by atoms with Gasteiger partial charge in [-0.15, -0.1) is 0 Å². The van der Waals surface area contributed by atoms with Gasteiger partial charge in [0.1, 0.15) is 11.5 Å². The molecule has 0 saturated carbocycles. The molecule has 2 N–H and O–H groups in total. The highest BCUT2D eigenvalue weighted by Gasteiger charge is 2.13. The summed E-state index contributed by atoms with van der Waals surface area (Å²) >= 11 is 0. The molecule has 0 amide bonds. The van der Waals surface area contributed by atoms with E-state index >= 15 is 0 Å². The second kappa shape index (κ2) is 6.41. The first-order chi connectivity index (χ1) is 9.19. The van der Waals surface area contributed by atoms with Crippen molar-refractivity contribution in [3.8, 4) is 0 Å². The zero-order valence-electron chi connectivity index (χ0n) is 11.0. The summed E-state index contributed by atoms with van der Waals surface area (Å²) in [6, 6.07) is 13.6. The number of nitrogens with zero attached hydrogens (tertiary/aromatic N) is 1. The Kier molecular flexibility index (Phi) is 4.60. The maximum absolute atomic E-state index is 9.65. The first-order valence-electron chi connectivity index (χ1n) is 6.33. The number of rotatable bonds is 6. The molecule has 1 atom stereocenters. The summed E-state index contributed by atoms with van der Waals surface area (Å²) in [5.74, 6) is 1.71. The fourth-order valence-electron chi connectivity index (χ4n) is 1.97. The van der Waals surface area contributed by atoms with Crippen molar-refractivity contribution in [1.29, 1.82) is 0 Å². The molecule has 1 aromatic heterocycles. The van der Waals surface area contributed by atoms with Crippen LogP contribution < -0.4 is 4.90 Å². The lowest BCUT2D eigenvalue weighted by atomic mass is 10.2. The number of para-hydroxylation sites is 1. The third-order valence-corrected chi connectivity index (χ3v) is 2.91. The second-order valence-corrected chi connectivity index (χ2v) is 4.56. The van der Waals surface area contributed by atoms with E-state index in [1.807, 2.05) is 54.3 Å². The van der Waals surface area contributed by atoms with E-state index in [1.165, 1.54) is 0 Å². The van der Waals surface area contributed by atoms with Gasteiger partial charge < -0.3 is 19.5 Å². The van der Waals surface area contributed by atoms with Crippen LogP contribution in [0.4, 0.5) is 5.69 Å². The molecule has 1 heterocycles. The van der Waals surface area contributed by atoms with E-state index in [0.717, 1.165) is 17.2 Å². The molecule has 0 spiro atoms. The Morgan fingerprint density at radius 2 is 1.89 bits per heavy atom. The average Bonchev–Trinajstić information content (AvgIpc) is 2.84. The van der Waals surface area contributed by atoms with Gasteiger partial charge in [-0.25, -0.2) is 0 Å². The summed E-state index contributed by atoms with van der Waals surface area (Å²) in [7, 11) is 0. The average molecular weight is 261 g/mol. The van der Waals surface area contributed by atoms with Gasteiger partial charge in [-0.05, 0) is 31.2 Å². The van der Waals surface area contributed by atoms with E-state index in [-0.39, 0.29) is 6.61 Å². The van der Waals surface area contributed by atoms with Crippen LogP contribution in [0.3, 0.4) is 0 Å². The van der Waals surface area contributed by atoms with Crippen molar-refractivity contribution < 1.29 is 14.6 Å². The molecule has 19 heavy (non-hydrogen) atoms. The first kappa shape index (κ1) is 13.6. The van der Waals surface area contributed by atoms with Crippen LogP contribution in [-0.2, 0) is 6.54 Å². The lowest BCUT2D eigenvalue weighted by molar-refractivity contribution is 0.0993. The van der Waals surface area contributed by atoms with Gasteiger partial charge in [0, 0.05) is 12.2 Å². The lowest BCUT2D eigenvalue weighted by Crippen LogP contribution is -2.33. The van der Waals surface area contributed by atoms with Gasteiger partial charge in [0.15, 0.2) is 0 Å². The van der Waals surface area contributed by atoms with Crippen molar-refractivity contribution in [1.82, 2.24) is 0 Å². The molecule has 2 rings (SSSR count). The van der Waals surface area contributed by atoms with E-state index in [4.69, 9.17) is 9.52 Å². The predicted octanol–water partition coefficient (Wildman–Crippen LogP) is 1.95. The number of anilines is 1. The van der Waals surface area contributed by atoms with Crippen LogP contribution in [0.25, 0.3) is 0 Å². The van der Waals surface area contributed by atoms with E-state index in [0.29, 0.717) is 13.1 Å². The van der Waals surface area contributed by atoms with Crippen LogP contribution in [0.1, 0.15) is 11.5 Å². The molecule has 0 aliphatic carbocycles. The standard InChI is InChI=1S/C15H19NO3/c1-12-7-8-15(19-12)10-16(9-14(18)11-17)13-5-3-2-4-6-13/h2-8,14,17-18H,9-11H2,1H3. The zero-order valence-corrected chi connectivity index (χ0v) is 11.0. The molecule has 102 valence electrons. The van der Waals surface area contributed by atoms with E-state index in [2.05, 4.69) is 0 Å². The van der Waals surface area contributed by atoms with Gasteiger partial charge in [0.25, 0.3) is 0 Å². The molecule has 1 aromatic carbocycles. The number of aliphatic hydroxyl groups is 2. The Morgan fingerprint density at radius 3 is 2.47 bits per heavy atom. The third kappa shape index (κ3) is 3.84. The Labute approximate surface area is 112 Å². The Hall–Kier alpha value is -1.78. The van der Waals surface area contributed by atoms with Crippen LogP contribution in [0.15, 0.2) is 46.9 Å². The number of hydrogen-bond acceptors (Lipinski definition) is 4. The number of benzene rings is 1. The molecule has 0 bridgehead atoms. The summed E-state index contributed by atoms with van der Waals surface area (Å²) in [4.78, 5) is 1.99. The summed E-state index contributed by atoms with van der Waals surface area (Å²) in [5, 5.41) is 18.7. The summed E-state index contributed by atoms with van der Waals surface area (Å²) in [6.45, 7) is 2.58. The van der Waals surface area contributed by atoms with Gasteiger partial charge in [-0.3, -0.25) is 0 Å². The monoisotopic (exact) mass is 261 g/mol. The molecule has 0 fully saturated rings. The van der Waals surface area contributed by atoms with Crippen LogP contribution >= 0.6 is 0 Å². The van der Waals surface area contributed by atoms with E-state index in [1.54, 1.807) is 0 Å². The minimum Gasteiger partial charge on any atom is -0.464 e. The SMILES string of the molecule is Cc1ccc(CN(CC(O)CO)c2ccccc2)o1. The van der Waals surface area contributed by atoms with Gasteiger partial charge >= 0.3 is 0 Å². The number of aryl methyl sites for hydroxylation is 1. The normalized spacial score (nSPS) is 12.4. The van der Waals surface area contributed by atoms with Crippen LogP contribution in [0.2, 0.25) is 0 Å². The molecular formula is C15H19NO3. The maximum atomic E-state index is 9.65. The fraction of sp³-hybridized carbons (Fsp3) is 0.333. The van der Waals surface area contributed by atoms with Gasteiger partial charge in [-0.1, -0.05) is 18.2 Å². The molecule has 1 unspecified atom stereocenters. The Balaban J connectivity index is 2.14. The minimum atomic E-state index is -0.767. The molecule has 4 heteroatoms. The third-order valence-electron chi connectivity index (χ3n) is 2.91. The van der Waals surface area contributed by atoms with Crippen LogP contribution in [0.5, 0.6) is 0 Å². The van der Waals surface area contributed by atoms with Gasteiger partial charge in [0.2, 0.25) is 0 Å². The van der Waals surface area contributed by atoms with Crippen molar-refractivity contribution in [2.75, 3.05) is 18.1 Å². The van der Waals surface area contributed by atoms with Crippen molar-refractivity contribution in [2.24, 2.45) is 0 Å². The summed E-state index contributed by atoms with van der Waals surface area (Å²) in [6.07, 6.45) is -0.767. The van der Waals surface area contributed by atoms with Crippen molar-refractivity contribution in [2.45, 2.75) is 19.6 Å². The van der Waals surface area contributed by atoms with Crippen LogP contribution in [-0.4, -0.2) is 29.5 Å². The molecule has 2 aromatic rings. The predicted molar refractivity (Wildman–Crippen MR) is 74.0 cm³/mol. The zero-order chi connectivity index (χ0) is 13.7. The maximum Gasteiger partial charge on any atom is 0.123 e. The Bertz CT molecular complexity index is 495. The molecule has 0 aliphatic heterocycles. The van der Waals surface area contributed by atoms with E-state index < -0.39 is 6.10 Å². The first-order valence-corrected chi connectivity index (χ1v) is 6.33. The molecule has 0 saturated heterocycles. The largest absolute Gasteiger partial charge is 0.464 e. The molecular weight excluding hydrogens is 242 g/mol. The highest BCUT2D eigenvalue weighted by Crippen LogP contribution is 2.18. The van der Waals surface area contributed by atoms with Crippen molar-refractivity contribution in [3.05, 3.63) is 54.0 Å².